The number of benzene rings is 2. The van der Waals surface area contributed by atoms with E-state index in [1.807, 2.05) is 12.1 Å². The molecule has 3 rings (SSSR count). The molecule has 1 fully saturated rings. The molecule has 4 N–H and O–H groups in total. The topological polar surface area (TPSA) is 105 Å². The van der Waals surface area contributed by atoms with Crippen molar-refractivity contribution in [1.29, 1.82) is 0 Å². The smallest absolute Gasteiger partial charge is 0.338 e. The number of esters is 2. The summed E-state index contributed by atoms with van der Waals surface area (Å²) in [6.07, 6.45) is 15.8. The van der Waals surface area contributed by atoms with Crippen molar-refractivity contribution in [3.63, 3.8) is 0 Å². The quantitative estimate of drug-likeness (QED) is 0.135. The molecule has 0 radical (unpaired) electrons. The molecule has 1 aliphatic carbocycles. The van der Waals surface area contributed by atoms with Crippen molar-refractivity contribution in [1.82, 2.24) is 0 Å². The van der Waals surface area contributed by atoms with Gasteiger partial charge in [0.05, 0.1) is 12.2 Å². The van der Waals surface area contributed by atoms with Gasteiger partial charge < -0.3 is 20.9 Å². The first-order valence-corrected chi connectivity index (χ1v) is 13.7. The molecule has 0 heterocycles. The minimum Gasteiger partial charge on any atom is -0.462 e. The van der Waals surface area contributed by atoms with Crippen molar-refractivity contribution >= 4 is 29.4 Å². The van der Waals surface area contributed by atoms with Crippen LogP contribution in [0.15, 0.2) is 48.5 Å². The Kier molecular flexibility index (Phi) is 11.5. The fraction of sp³-hybridized carbons (Fsp3) is 0.484. The van der Waals surface area contributed by atoms with Gasteiger partial charge in [0, 0.05) is 23.9 Å². The molecule has 0 unspecified atom stereocenters. The number of carbonyl (C=O) groups is 2. The summed E-state index contributed by atoms with van der Waals surface area (Å²) in [5, 5.41) is 0. The van der Waals surface area contributed by atoms with E-state index in [0.29, 0.717) is 23.4 Å². The van der Waals surface area contributed by atoms with Crippen molar-refractivity contribution in [3.8, 4) is 0 Å². The molecule has 0 saturated heterocycles. The Labute approximate surface area is 221 Å². The first kappa shape index (κ1) is 28.3. The van der Waals surface area contributed by atoms with Crippen LogP contribution in [0.25, 0.3) is 6.08 Å². The van der Waals surface area contributed by atoms with Gasteiger partial charge in [0.15, 0.2) is 0 Å². The third-order valence-corrected chi connectivity index (χ3v) is 7.01. The maximum atomic E-state index is 12.6. The van der Waals surface area contributed by atoms with Crippen LogP contribution in [0, 0.1) is 5.92 Å². The predicted octanol–water partition coefficient (Wildman–Crippen LogP) is 6.73. The van der Waals surface area contributed by atoms with Crippen LogP contribution in [0.5, 0.6) is 0 Å². The fourth-order valence-corrected chi connectivity index (χ4v) is 4.90. The molecule has 0 atom stereocenters. The normalized spacial score (nSPS) is 17.5. The van der Waals surface area contributed by atoms with E-state index in [2.05, 4.69) is 6.92 Å². The third-order valence-electron chi connectivity index (χ3n) is 7.01. The van der Waals surface area contributed by atoms with Gasteiger partial charge in [-0.1, -0.05) is 57.6 Å². The number of anilines is 2. The largest absolute Gasteiger partial charge is 0.462 e. The Morgan fingerprint density at radius 2 is 1.59 bits per heavy atom. The zero-order chi connectivity index (χ0) is 26.5. The molecule has 6 nitrogen and oxygen atoms in total. The zero-order valence-electron chi connectivity index (χ0n) is 22.1. The first-order chi connectivity index (χ1) is 17.9. The number of ether oxygens (including phenoxy) is 2. The average Bonchev–Trinajstić information content (AvgIpc) is 2.88. The number of hydrogen-bond donors (Lipinski definition) is 2. The van der Waals surface area contributed by atoms with Crippen LogP contribution in [-0.2, 0) is 20.7 Å². The molecule has 2 aromatic rings. The highest BCUT2D eigenvalue weighted by molar-refractivity contribution is 5.90. The first-order valence-electron chi connectivity index (χ1n) is 13.7. The molecule has 1 saturated carbocycles. The Morgan fingerprint density at radius 3 is 2.27 bits per heavy atom. The van der Waals surface area contributed by atoms with E-state index in [0.717, 1.165) is 42.7 Å². The molecular weight excluding hydrogens is 464 g/mol. The highest BCUT2D eigenvalue weighted by Crippen LogP contribution is 2.30. The lowest BCUT2D eigenvalue weighted by Gasteiger charge is -2.28. The molecule has 200 valence electrons. The van der Waals surface area contributed by atoms with Gasteiger partial charge in [-0.05, 0) is 79.1 Å². The molecule has 6 heteroatoms. The van der Waals surface area contributed by atoms with Gasteiger partial charge in [0.2, 0.25) is 0 Å². The minimum atomic E-state index is -0.433. The van der Waals surface area contributed by atoms with Crippen LogP contribution < -0.4 is 11.5 Å². The molecule has 0 aliphatic heterocycles. The molecule has 0 aromatic heterocycles. The Morgan fingerprint density at radius 1 is 0.919 bits per heavy atom. The van der Waals surface area contributed by atoms with Crippen LogP contribution in [0.1, 0.15) is 92.6 Å². The standard InChI is InChI=1S/C31H42N2O4/c1-2-3-4-5-6-7-23-10-15-29(16-11-23)37-31(35)26-13-8-24(9-14-26)12-17-30(34)36-19-18-25-20-27(32)22-28(33)21-25/h8-9,12-14,17,20-23,29H,2-7,10-11,15-16,18-19,32-33H2,1H3. The summed E-state index contributed by atoms with van der Waals surface area (Å²) in [6.45, 7) is 2.48. The van der Waals surface area contributed by atoms with E-state index in [9.17, 15) is 9.59 Å². The Hall–Kier alpha value is -3.28. The lowest BCUT2D eigenvalue weighted by atomic mass is 9.84. The van der Waals surface area contributed by atoms with Gasteiger partial charge >= 0.3 is 11.9 Å². The van der Waals surface area contributed by atoms with Gasteiger partial charge in [0.25, 0.3) is 0 Å². The predicted molar refractivity (Wildman–Crippen MR) is 150 cm³/mol. The molecule has 2 aromatic carbocycles. The summed E-state index contributed by atoms with van der Waals surface area (Å²) in [7, 11) is 0. The van der Waals surface area contributed by atoms with E-state index in [4.69, 9.17) is 20.9 Å². The maximum Gasteiger partial charge on any atom is 0.338 e. The van der Waals surface area contributed by atoms with Crippen LogP contribution in [0.4, 0.5) is 11.4 Å². The summed E-state index contributed by atoms with van der Waals surface area (Å²) in [5.74, 6) is 0.0716. The Balaban J connectivity index is 1.35. The van der Waals surface area contributed by atoms with Crippen molar-refractivity contribution in [2.24, 2.45) is 5.92 Å². The van der Waals surface area contributed by atoms with Crippen molar-refractivity contribution in [3.05, 3.63) is 65.2 Å². The van der Waals surface area contributed by atoms with E-state index in [1.165, 1.54) is 44.6 Å². The number of nitrogens with two attached hydrogens (primary N) is 2. The summed E-state index contributed by atoms with van der Waals surface area (Å²) < 4.78 is 11.0. The second-order valence-corrected chi connectivity index (χ2v) is 10.1. The molecule has 1 aliphatic rings. The minimum absolute atomic E-state index is 0.0157. The molecule has 0 amide bonds. The van der Waals surface area contributed by atoms with Crippen LogP contribution in [-0.4, -0.2) is 24.6 Å². The number of rotatable bonds is 13. The number of hydrogen-bond acceptors (Lipinski definition) is 6. The monoisotopic (exact) mass is 506 g/mol. The van der Waals surface area contributed by atoms with Gasteiger partial charge in [-0.2, -0.15) is 0 Å². The lowest BCUT2D eigenvalue weighted by Crippen LogP contribution is -2.24. The lowest BCUT2D eigenvalue weighted by molar-refractivity contribution is -0.137. The average molecular weight is 507 g/mol. The summed E-state index contributed by atoms with van der Waals surface area (Å²) in [5.41, 5.74) is 15.0. The molecule has 37 heavy (non-hydrogen) atoms. The van der Waals surface area contributed by atoms with Gasteiger partial charge in [-0.3, -0.25) is 0 Å². The highest BCUT2D eigenvalue weighted by Gasteiger charge is 2.24. The summed E-state index contributed by atoms with van der Waals surface area (Å²) in [4.78, 5) is 24.6. The van der Waals surface area contributed by atoms with E-state index >= 15 is 0 Å². The fourth-order valence-electron chi connectivity index (χ4n) is 4.90. The van der Waals surface area contributed by atoms with E-state index in [1.54, 1.807) is 36.4 Å². The van der Waals surface area contributed by atoms with Crippen LogP contribution in [0.3, 0.4) is 0 Å². The van der Waals surface area contributed by atoms with Crippen molar-refractivity contribution in [2.75, 3.05) is 18.1 Å². The third kappa shape index (κ3) is 10.3. The van der Waals surface area contributed by atoms with Gasteiger partial charge in [0.1, 0.15) is 6.10 Å². The molecule has 0 bridgehead atoms. The number of carbonyl (C=O) groups excluding carboxylic acids is 2. The second-order valence-electron chi connectivity index (χ2n) is 10.1. The summed E-state index contributed by atoms with van der Waals surface area (Å²) >= 11 is 0. The highest BCUT2D eigenvalue weighted by atomic mass is 16.5. The Bertz CT molecular complexity index is 1000. The second kappa shape index (κ2) is 15.1. The van der Waals surface area contributed by atoms with Crippen LogP contribution in [0.2, 0.25) is 0 Å². The maximum absolute atomic E-state index is 12.6. The molecular formula is C31H42N2O4. The van der Waals surface area contributed by atoms with E-state index in [-0.39, 0.29) is 18.7 Å². The van der Waals surface area contributed by atoms with Gasteiger partial charge in [-0.15, -0.1) is 0 Å². The van der Waals surface area contributed by atoms with Crippen molar-refractivity contribution in [2.45, 2.75) is 83.7 Å². The SMILES string of the molecule is CCCCCCCC1CCC(OC(=O)c2ccc(C=CC(=O)OCCc3cc(N)cc(N)c3)cc2)CC1. The van der Waals surface area contributed by atoms with Crippen molar-refractivity contribution < 1.29 is 19.1 Å². The van der Waals surface area contributed by atoms with Gasteiger partial charge in [-0.25, -0.2) is 9.59 Å². The number of nitrogen functional groups attached to an aromatic ring is 2. The number of unbranched alkanes of at least 4 members (excludes halogenated alkanes) is 4. The summed E-state index contributed by atoms with van der Waals surface area (Å²) in [6, 6.07) is 12.4. The van der Waals surface area contributed by atoms with Crippen LogP contribution >= 0.6 is 0 Å². The molecule has 0 spiro atoms. The van der Waals surface area contributed by atoms with E-state index < -0.39 is 5.97 Å². The zero-order valence-corrected chi connectivity index (χ0v) is 22.1.